The first-order valence-electron chi connectivity index (χ1n) is 7.73. The molecule has 2 heterocycles. The van der Waals surface area contributed by atoms with Crippen LogP contribution in [0.3, 0.4) is 0 Å². The van der Waals surface area contributed by atoms with E-state index >= 15 is 0 Å². The lowest BCUT2D eigenvalue weighted by atomic mass is 10.1. The second-order valence-corrected chi connectivity index (χ2v) is 9.23. The third kappa shape index (κ3) is 4.68. The Labute approximate surface area is 141 Å². The van der Waals surface area contributed by atoms with Crippen molar-refractivity contribution in [3.05, 3.63) is 29.8 Å². The van der Waals surface area contributed by atoms with E-state index in [9.17, 15) is 8.42 Å². The highest BCUT2D eigenvalue weighted by Gasteiger charge is 2.24. The van der Waals surface area contributed by atoms with Gasteiger partial charge < -0.3 is 15.4 Å². The van der Waals surface area contributed by atoms with Crippen molar-refractivity contribution in [2.24, 2.45) is 0 Å². The average molecular weight is 358 g/mol. The van der Waals surface area contributed by atoms with Gasteiger partial charge >= 0.3 is 0 Å². The van der Waals surface area contributed by atoms with E-state index in [0.29, 0.717) is 10.1 Å². The lowest BCUT2D eigenvalue weighted by Crippen LogP contribution is -2.52. The lowest BCUT2D eigenvalue weighted by Gasteiger charge is -2.32. The van der Waals surface area contributed by atoms with Crippen LogP contribution in [-0.4, -0.2) is 58.3 Å². The largest absolute Gasteiger partial charge is 0.361 e. The van der Waals surface area contributed by atoms with E-state index in [1.54, 1.807) is 12.1 Å². The van der Waals surface area contributed by atoms with Gasteiger partial charge in [-0.3, -0.25) is 5.32 Å². The number of thioether (sulfide) groups is 1. The monoisotopic (exact) mass is 357 g/mol. The van der Waals surface area contributed by atoms with Gasteiger partial charge in [0.25, 0.3) is 0 Å². The fraction of sp³-hybridized carbons (Fsp3) is 0.600. The SMILES string of the molecule is CS(=O)(=O)c1ccc(C2CNCC(OCC3CNCS3)N2)cc1. The van der Waals surface area contributed by atoms with Crippen LogP contribution >= 0.6 is 11.8 Å². The second kappa shape index (κ2) is 7.50. The highest BCUT2D eigenvalue weighted by Crippen LogP contribution is 2.20. The van der Waals surface area contributed by atoms with Crippen molar-refractivity contribution in [2.45, 2.75) is 22.4 Å². The molecule has 0 spiro atoms. The van der Waals surface area contributed by atoms with Gasteiger partial charge in [-0.2, -0.15) is 0 Å². The summed E-state index contributed by atoms with van der Waals surface area (Å²) in [6.45, 7) is 3.32. The first-order valence-corrected chi connectivity index (χ1v) is 10.7. The molecular formula is C15H23N3O3S2. The van der Waals surface area contributed by atoms with Crippen molar-refractivity contribution in [1.82, 2.24) is 16.0 Å². The molecule has 1 aromatic rings. The van der Waals surface area contributed by atoms with Crippen molar-refractivity contribution >= 4 is 21.6 Å². The smallest absolute Gasteiger partial charge is 0.175 e. The van der Waals surface area contributed by atoms with Crippen molar-refractivity contribution in [3.63, 3.8) is 0 Å². The summed E-state index contributed by atoms with van der Waals surface area (Å²) in [5, 5.41) is 10.7. The summed E-state index contributed by atoms with van der Waals surface area (Å²) in [6, 6.07) is 7.19. The van der Waals surface area contributed by atoms with Gasteiger partial charge in [-0.1, -0.05) is 12.1 Å². The maximum absolute atomic E-state index is 11.5. The van der Waals surface area contributed by atoms with Crippen molar-refractivity contribution in [2.75, 3.05) is 38.4 Å². The molecule has 2 fully saturated rings. The summed E-state index contributed by atoms with van der Waals surface area (Å²) >= 11 is 1.89. The number of nitrogens with one attached hydrogen (secondary N) is 3. The molecule has 0 saturated carbocycles. The minimum atomic E-state index is -3.15. The zero-order valence-electron chi connectivity index (χ0n) is 13.1. The van der Waals surface area contributed by atoms with Crippen LogP contribution in [0.15, 0.2) is 29.2 Å². The van der Waals surface area contributed by atoms with E-state index in [-0.39, 0.29) is 12.3 Å². The van der Waals surface area contributed by atoms with Gasteiger partial charge in [0.05, 0.1) is 11.5 Å². The van der Waals surface area contributed by atoms with Gasteiger partial charge in [0.2, 0.25) is 0 Å². The topological polar surface area (TPSA) is 79.5 Å². The third-order valence-corrected chi connectivity index (χ3v) is 6.33. The lowest BCUT2D eigenvalue weighted by molar-refractivity contribution is 0.0104. The van der Waals surface area contributed by atoms with Crippen LogP contribution in [0, 0.1) is 0 Å². The number of benzene rings is 1. The van der Waals surface area contributed by atoms with E-state index in [1.165, 1.54) is 6.26 Å². The molecule has 0 bridgehead atoms. The van der Waals surface area contributed by atoms with Crippen LogP contribution in [0.2, 0.25) is 0 Å². The third-order valence-electron chi connectivity index (χ3n) is 4.05. The highest BCUT2D eigenvalue weighted by atomic mass is 32.2. The summed E-state index contributed by atoms with van der Waals surface area (Å²) in [7, 11) is -3.15. The molecule has 0 aliphatic carbocycles. The van der Waals surface area contributed by atoms with Crippen molar-refractivity contribution in [1.29, 1.82) is 0 Å². The van der Waals surface area contributed by atoms with Crippen LogP contribution in [0.1, 0.15) is 11.6 Å². The molecule has 0 radical (unpaired) electrons. The molecule has 0 amide bonds. The van der Waals surface area contributed by atoms with E-state index in [4.69, 9.17) is 4.74 Å². The van der Waals surface area contributed by atoms with Crippen LogP contribution in [-0.2, 0) is 14.6 Å². The zero-order chi connectivity index (χ0) is 16.3. The van der Waals surface area contributed by atoms with Crippen LogP contribution < -0.4 is 16.0 Å². The molecule has 3 unspecified atom stereocenters. The molecule has 6 nitrogen and oxygen atoms in total. The fourth-order valence-electron chi connectivity index (χ4n) is 2.76. The molecule has 3 N–H and O–H groups in total. The predicted octanol–water partition coefficient (Wildman–Crippen LogP) is 0.329. The predicted molar refractivity (Wildman–Crippen MR) is 92.3 cm³/mol. The molecule has 3 rings (SSSR count). The first-order chi connectivity index (χ1) is 11.0. The molecule has 3 atom stereocenters. The Kier molecular flexibility index (Phi) is 5.61. The average Bonchev–Trinajstić information content (AvgIpc) is 3.06. The quantitative estimate of drug-likeness (QED) is 0.701. The molecule has 23 heavy (non-hydrogen) atoms. The molecule has 1 aromatic carbocycles. The van der Waals surface area contributed by atoms with Gasteiger partial charge in [0, 0.05) is 43.1 Å². The van der Waals surface area contributed by atoms with Crippen LogP contribution in [0.4, 0.5) is 0 Å². The Morgan fingerprint density at radius 3 is 2.61 bits per heavy atom. The maximum atomic E-state index is 11.5. The van der Waals surface area contributed by atoms with E-state index < -0.39 is 9.84 Å². The van der Waals surface area contributed by atoms with Gasteiger partial charge in [-0.05, 0) is 17.7 Å². The highest BCUT2D eigenvalue weighted by molar-refractivity contribution is 8.00. The van der Waals surface area contributed by atoms with Crippen LogP contribution in [0.25, 0.3) is 0 Å². The number of hydrogen-bond donors (Lipinski definition) is 3. The summed E-state index contributed by atoms with van der Waals surface area (Å²) in [5.74, 6) is 1.000. The van der Waals surface area contributed by atoms with Crippen molar-refractivity contribution in [3.8, 4) is 0 Å². The molecule has 2 aliphatic rings. The van der Waals surface area contributed by atoms with E-state index in [1.807, 2.05) is 23.9 Å². The molecule has 8 heteroatoms. The molecular weight excluding hydrogens is 334 g/mol. The molecule has 0 aromatic heterocycles. The van der Waals surface area contributed by atoms with Crippen LogP contribution in [0.5, 0.6) is 0 Å². The minimum absolute atomic E-state index is 0.0236. The summed E-state index contributed by atoms with van der Waals surface area (Å²) in [4.78, 5) is 0.351. The van der Waals surface area contributed by atoms with Gasteiger partial charge in [-0.25, -0.2) is 8.42 Å². The number of sulfone groups is 1. The van der Waals surface area contributed by atoms with Gasteiger partial charge in [0.1, 0.15) is 6.23 Å². The fourth-order valence-corrected chi connectivity index (χ4v) is 4.27. The summed E-state index contributed by atoms with van der Waals surface area (Å²) < 4.78 is 29.0. The Morgan fingerprint density at radius 2 is 1.96 bits per heavy atom. The number of piperazine rings is 1. The van der Waals surface area contributed by atoms with Gasteiger partial charge in [0.15, 0.2) is 9.84 Å². The van der Waals surface area contributed by atoms with E-state index in [0.717, 1.165) is 37.7 Å². The Balaban J connectivity index is 1.57. The zero-order valence-corrected chi connectivity index (χ0v) is 14.8. The molecule has 2 saturated heterocycles. The van der Waals surface area contributed by atoms with Gasteiger partial charge in [-0.15, -0.1) is 11.8 Å². The minimum Gasteiger partial charge on any atom is -0.361 e. The standard InChI is InChI=1S/C15H23N3O3S2/c1-23(19,20)13-4-2-11(3-5-13)14-7-16-8-15(18-14)21-9-12-6-17-10-22-12/h2-5,12,14-18H,6-10H2,1H3. The normalized spacial score (nSPS) is 28.8. The molecule has 128 valence electrons. The number of ether oxygens (including phenoxy) is 1. The summed E-state index contributed by atoms with van der Waals surface area (Å²) in [5.41, 5.74) is 1.06. The number of hydrogen-bond acceptors (Lipinski definition) is 7. The summed E-state index contributed by atoms with van der Waals surface area (Å²) in [6.07, 6.45) is 1.20. The Bertz CT molecular complexity index is 615. The Morgan fingerprint density at radius 1 is 1.17 bits per heavy atom. The van der Waals surface area contributed by atoms with E-state index in [2.05, 4.69) is 16.0 Å². The molecule has 2 aliphatic heterocycles. The Hall–Kier alpha value is -0.640. The first kappa shape index (κ1) is 17.2. The van der Waals surface area contributed by atoms with Crippen molar-refractivity contribution < 1.29 is 13.2 Å². The second-order valence-electron chi connectivity index (χ2n) is 5.93. The maximum Gasteiger partial charge on any atom is 0.175 e. The number of rotatable bonds is 5.